The molecule has 1 aliphatic heterocycles. The van der Waals surface area contributed by atoms with Crippen LogP contribution in [0.3, 0.4) is 0 Å². The summed E-state index contributed by atoms with van der Waals surface area (Å²) in [5.41, 5.74) is 3.43. The molecule has 1 amide bonds. The zero-order chi connectivity index (χ0) is 27.8. The number of methoxy groups -OCH3 is 2. The standard InChI is InChI=1S/C30H36N2O7/c1-4-38-30-23(6-5-15-33)24(19-7-9-20(10-8-19)29(35)37-3)17-27(39-30)28(34)31-14-13-21-18-32-26-12-11-22(36-2)16-25(21)26/h7-12,16-18,23-24,30,32-33H,4-6,13-15H2,1-3H3,(H,31,34)/t23-,24-,30-/m0/s1. The van der Waals surface area contributed by atoms with Gasteiger partial charge in [0, 0.05) is 48.7 Å². The average molecular weight is 537 g/mol. The van der Waals surface area contributed by atoms with Crippen LogP contribution in [0, 0.1) is 5.92 Å². The van der Waals surface area contributed by atoms with Gasteiger partial charge < -0.3 is 34.4 Å². The lowest BCUT2D eigenvalue weighted by Crippen LogP contribution is -2.39. The minimum Gasteiger partial charge on any atom is -0.497 e. The van der Waals surface area contributed by atoms with Crippen LogP contribution in [0.2, 0.25) is 0 Å². The van der Waals surface area contributed by atoms with Crippen LogP contribution in [-0.4, -0.2) is 62.2 Å². The number of hydrogen-bond acceptors (Lipinski definition) is 7. The Hall–Kier alpha value is -3.82. The first kappa shape index (κ1) is 28.2. The third kappa shape index (κ3) is 6.61. The molecule has 1 aliphatic rings. The third-order valence-corrected chi connectivity index (χ3v) is 7.01. The second-order valence-corrected chi connectivity index (χ2v) is 9.37. The summed E-state index contributed by atoms with van der Waals surface area (Å²) in [6.07, 6.45) is 4.94. The van der Waals surface area contributed by atoms with Crippen molar-refractivity contribution < 1.29 is 33.6 Å². The molecule has 208 valence electrons. The summed E-state index contributed by atoms with van der Waals surface area (Å²) in [6.45, 7) is 2.74. The largest absolute Gasteiger partial charge is 0.497 e. The highest BCUT2D eigenvalue weighted by atomic mass is 16.7. The van der Waals surface area contributed by atoms with Gasteiger partial charge in [-0.3, -0.25) is 4.79 Å². The molecule has 2 aromatic carbocycles. The number of amides is 1. The number of fused-ring (bicyclic) bond motifs is 1. The molecular weight excluding hydrogens is 500 g/mol. The predicted octanol–water partition coefficient (Wildman–Crippen LogP) is 4.07. The van der Waals surface area contributed by atoms with Crippen LogP contribution >= 0.6 is 0 Å². The van der Waals surface area contributed by atoms with E-state index >= 15 is 0 Å². The Balaban J connectivity index is 1.53. The van der Waals surface area contributed by atoms with Gasteiger partial charge in [0.1, 0.15) is 5.75 Å². The van der Waals surface area contributed by atoms with Gasteiger partial charge in [-0.1, -0.05) is 12.1 Å². The number of carbonyl (C=O) groups excluding carboxylic acids is 2. The van der Waals surface area contributed by atoms with Crippen LogP contribution < -0.4 is 10.1 Å². The van der Waals surface area contributed by atoms with Crippen molar-refractivity contribution in [1.82, 2.24) is 10.3 Å². The number of H-pyrrole nitrogens is 1. The summed E-state index contributed by atoms with van der Waals surface area (Å²) in [6, 6.07) is 13.0. The number of carbonyl (C=O) groups is 2. The Kier molecular flexibility index (Phi) is 9.62. The lowest BCUT2D eigenvalue weighted by Gasteiger charge is -2.37. The average Bonchev–Trinajstić information content (AvgIpc) is 3.37. The molecule has 2 heterocycles. The van der Waals surface area contributed by atoms with Gasteiger partial charge >= 0.3 is 5.97 Å². The van der Waals surface area contributed by atoms with E-state index in [0.29, 0.717) is 38.0 Å². The van der Waals surface area contributed by atoms with Crippen LogP contribution in [-0.2, 0) is 25.4 Å². The Labute approximate surface area is 228 Å². The molecule has 0 spiro atoms. The maximum absolute atomic E-state index is 13.2. The van der Waals surface area contributed by atoms with Gasteiger partial charge in [-0.15, -0.1) is 0 Å². The van der Waals surface area contributed by atoms with Crippen molar-refractivity contribution in [3.63, 3.8) is 0 Å². The Morgan fingerprint density at radius 1 is 1.13 bits per heavy atom. The molecule has 9 heteroatoms. The molecule has 9 nitrogen and oxygen atoms in total. The summed E-state index contributed by atoms with van der Waals surface area (Å²) >= 11 is 0. The highest BCUT2D eigenvalue weighted by Crippen LogP contribution is 2.39. The number of ether oxygens (including phenoxy) is 4. The minimum absolute atomic E-state index is 0.0418. The number of allylic oxidation sites excluding steroid dienone is 1. The van der Waals surface area contributed by atoms with Gasteiger partial charge in [0.25, 0.3) is 5.91 Å². The van der Waals surface area contributed by atoms with Crippen LogP contribution in [0.4, 0.5) is 0 Å². The second kappa shape index (κ2) is 13.3. The normalized spacial score (nSPS) is 18.8. The molecule has 1 aromatic heterocycles. The number of aliphatic hydroxyl groups excluding tert-OH is 1. The number of benzene rings is 2. The molecule has 0 aliphatic carbocycles. The predicted molar refractivity (Wildman–Crippen MR) is 146 cm³/mol. The van der Waals surface area contributed by atoms with Crippen molar-refractivity contribution in [2.75, 3.05) is 34.0 Å². The monoisotopic (exact) mass is 536 g/mol. The second-order valence-electron chi connectivity index (χ2n) is 9.37. The van der Waals surface area contributed by atoms with E-state index in [1.807, 2.05) is 49.5 Å². The molecule has 0 fully saturated rings. The van der Waals surface area contributed by atoms with Crippen LogP contribution in [0.15, 0.2) is 60.5 Å². The van der Waals surface area contributed by atoms with Crippen LogP contribution in [0.1, 0.15) is 47.2 Å². The fourth-order valence-electron chi connectivity index (χ4n) is 4.99. The number of hydrogen-bond donors (Lipinski definition) is 3. The van der Waals surface area contributed by atoms with E-state index in [4.69, 9.17) is 18.9 Å². The molecule has 0 radical (unpaired) electrons. The van der Waals surface area contributed by atoms with Crippen molar-refractivity contribution in [3.05, 3.63) is 77.2 Å². The van der Waals surface area contributed by atoms with Gasteiger partial charge in [0.2, 0.25) is 6.29 Å². The zero-order valence-electron chi connectivity index (χ0n) is 22.6. The number of nitrogens with one attached hydrogen (secondary N) is 2. The highest BCUT2D eigenvalue weighted by Gasteiger charge is 2.37. The fourth-order valence-corrected chi connectivity index (χ4v) is 4.99. The summed E-state index contributed by atoms with van der Waals surface area (Å²) in [5, 5.41) is 13.5. The lowest BCUT2D eigenvalue weighted by atomic mass is 9.80. The molecule has 39 heavy (non-hydrogen) atoms. The summed E-state index contributed by atoms with van der Waals surface area (Å²) in [7, 11) is 2.98. The van der Waals surface area contributed by atoms with Gasteiger partial charge in [-0.25, -0.2) is 4.79 Å². The van der Waals surface area contributed by atoms with Gasteiger partial charge in [-0.05, 0) is 73.7 Å². The van der Waals surface area contributed by atoms with E-state index in [9.17, 15) is 14.7 Å². The van der Waals surface area contributed by atoms with E-state index in [2.05, 4.69) is 10.3 Å². The Morgan fingerprint density at radius 3 is 2.62 bits per heavy atom. The summed E-state index contributed by atoms with van der Waals surface area (Å²) in [5.74, 6) is -0.113. The Bertz CT molecular complexity index is 1300. The van der Waals surface area contributed by atoms with Crippen molar-refractivity contribution in [2.24, 2.45) is 5.92 Å². The van der Waals surface area contributed by atoms with Gasteiger partial charge in [0.15, 0.2) is 5.76 Å². The molecule has 0 bridgehead atoms. The molecule has 3 aromatic rings. The lowest BCUT2D eigenvalue weighted by molar-refractivity contribution is -0.166. The molecule has 0 saturated heterocycles. The topological polar surface area (TPSA) is 119 Å². The van der Waals surface area contributed by atoms with Crippen molar-refractivity contribution >= 4 is 22.8 Å². The van der Waals surface area contributed by atoms with Crippen molar-refractivity contribution in [2.45, 2.75) is 38.4 Å². The maximum Gasteiger partial charge on any atom is 0.337 e. The molecule has 3 N–H and O–H groups in total. The summed E-state index contributed by atoms with van der Waals surface area (Å²) < 4.78 is 22.1. The van der Waals surface area contributed by atoms with Gasteiger partial charge in [0.05, 0.1) is 19.8 Å². The highest BCUT2D eigenvalue weighted by molar-refractivity contribution is 5.92. The van der Waals surface area contributed by atoms with E-state index in [1.165, 1.54) is 7.11 Å². The SMILES string of the molecule is CCO[C@H]1OC(C(=O)NCCc2c[nH]c3ccc(OC)cc23)=C[C@@H](c2ccc(C(=O)OC)cc2)[C@@H]1CCCO. The van der Waals surface area contributed by atoms with E-state index in [1.54, 1.807) is 19.2 Å². The number of aromatic amines is 1. The Morgan fingerprint density at radius 2 is 1.92 bits per heavy atom. The molecule has 0 saturated carbocycles. The van der Waals surface area contributed by atoms with Crippen molar-refractivity contribution in [3.8, 4) is 5.75 Å². The first-order valence-corrected chi connectivity index (χ1v) is 13.2. The van der Waals surface area contributed by atoms with Crippen molar-refractivity contribution in [1.29, 1.82) is 0 Å². The molecule has 3 atom stereocenters. The van der Waals surface area contributed by atoms with Crippen LogP contribution in [0.5, 0.6) is 5.75 Å². The number of aromatic nitrogens is 1. The van der Waals surface area contributed by atoms with E-state index in [-0.39, 0.29) is 30.1 Å². The summed E-state index contributed by atoms with van der Waals surface area (Å²) in [4.78, 5) is 28.4. The zero-order valence-corrected chi connectivity index (χ0v) is 22.6. The van der Waals surface area contributed by atoms with Gasteiger partial charge in [-0.2, -0.15) is 0 Å². The molecule has 0 unspecified atom stereocenters. The van der Waals surface area contributed by atoms with Crippen LogP contribution in [0.25, 0.3) is 10.9 Å². The first-order chi connectivity index (χ1) is 19.0. The fraction of sp³-hybridized carbons (Fsp3) is 0.400. The first-order valence-electron chi connectivity index (χ1n) is 13.2. The molecular formula is C30H36N2O7. The quantitative estimate of drug-likeness (QED) is 0.299. The minimum atomic E-state index is -0.654. The van der Waals surface area contributed by atoms with E-state index in [0.717, 1.165) is 27.8 Å². The maximum atomic E-state index is 13.2. The number of aliphatic hydroxyl groups is 1. The third-order valence-electron chi connectivity index (χ3n) is 7.01. The number of rotatable bonds is 12. The number of esters is 1. The smallest absolute Gasteiger partial charge is 0.337 e. The van der Waals surface area contributed by atoms with E-state index < -0.39 is 12.3 Å². The molecule has 4 rings (SSSR count).